The Morgan fingerprint density at radius 2 is 2.00 bits per heavy atom. The number of hydrogen-bond donors (Lipinski definition) is 0. The highest BCUT2D eigenvalue weighted by Crippen LogP contribution is 2.41. The molecule has 102 valence electrons. The molecule has 0 N–H and O–H groups in total. The Hall–Kier alpha value is -2.23. The highest BCUT2D eigenvalue weighted by atomic mass is 16.1. The second kappa shape index (κ2) is 5.04. The molecule has 1 heterocycles. The monoisotopic (exact) mass is 267 g/mol. The Bertz CT molecular complexity index is 664. The van der Waals surface area contributed by atoms with Crippen LogP contribution in [-0.2, 0) is 4.79 Å². The topological polar surface area (TPSA) is 47.2 Å². The number of hydrogen-bond acceptors (Lipinski definition) is 2. The predicted molar refractivity (Wildman–Crippen MR) is 76.1 cm³/mol. The standard InChI is InChI=1S/C16H17N3O/c1-16(9-5-10-16)15(20)18-13-8-11-19(17-12-13)14-6-3-2-4-7-14/h2-4,6-8,11-12H,5,9-10H2,1H3/b18-13+. The smallest absolute Gasteiger partial charge is 0.252 e. The van der Waals surface area contributed by atoms with Gasteiger partial charge in [0, 0.05) is 11.6 Å². The summed E-state index contributed by atoms with van der Waals surface area (Å²) in [5.74, 6) is -0.0250. The van der Waals surface area contributed by atoms with E-state index >= 15 is 0 Å². The molecule has 0 radical (unpaired) electrons. The predicted octanol–water partition coefficient (Wildman–Crippen LogP) is 2.49. The van der Waals surface area contributed by atoms with Crippen LogP contribution < -0.4 is 5.36 Å². The summed E-state index contributed by atoms with van der Waals surface area (Å²) in [6.07, 6.45) is 6.47. The van der Waals surface area contributed by atoms with Crippen molar-refractivity contribution >= 4 is 5.91 Å². The molecule has 1 aromatic heterocycles. The first-order valence-corrected chi connectivity index (χ1v) is 6.87. The largest absolute Gasteiger partial charge is 0.272 e. The van der Waals surface area contributed by atoms with Gasteiger partial charge < -0.3 is 0 Å². The molecule has 3 rings (SSSR count). The summed E-state index contributed by atoms with van der Waals surface area (Å²) in [6.45, 7) is 1.99. The Morgan fingerprint density at radius 1 is 1.25 bits per heavy atom. The average molecular weight is 267 g/mol. The lowest BCUT2D eigenvalue weighted by Gasteiger charge is -2.34. The van der Waals surface area contributed by atoms with Gasteiger partial charge >= 0.3 is 0 Å². The van der Waals surface area contributed by atoms with Crippen LogP contribution in [-0.4, -0.2) is 15.7 Å². The lowest BCUT2D eigenvalue weighted by atomic mass is 9.70. The van der Waals surface area contributed by atoms with Gasteiger partial charge in [0.15, 0.2) is 0 Å². The molecular formula is C16H17N3O. The van der Waals surface area contributed by atoms with E-state index in [0.29, 0.717) is 5.36 Å². The van der Waals surface area contributed by atoms with Crippen molar-refractivity contribution in [1.82, 2.24) is 9.78 Å². The van der Waals surface area contributed by atoms with Gasteiger partial charge in [-0.15, -0.1) is 0 Å². The number of carbonyl (C=O) groups is 1. The molecule has 1 aliphatic rings. The van der Waals surface area contributed by atoms with Crippen molar-refractivity contribution in [2.45, 2.75) is 26.2 Å². The van der Waals surface area contributed by atoms with Crippen molar-refractivity contribution in [2.24, 2.45) is 10.4 Å². The summed E-state index contributed by atoms with van der Waals surface area (Å²) in [6, 6.07) is 11.7. The van der Waals surface area contributed by atoms with E-state index in [2.05, 4.69) is 10.1 Å². The second-order valence-electron chi connectivity index (χ2n) is 5.50. The van der Waals surface area contributed by atoms with E-state index < -0.39 is 0 Å². The quantitative estimate of drug-likeness (QED) is 0.839. The van der Waals surface area contributed by atoms with Crippen LogP contribution in [0, 0.1) is 5.41 Å². The summed E-state index contributed by atoms with van der Waals surface area (Å²) in [7, 11) is 0. The normalized spacial score (nSPS) is 17.6. The lowest BCUT2D eigenvalue weighted by Crippen LogP contribution is -2.34. The molecule has 1 saturated carbocycles. The van der Waals surface area contributed by atoms with Crippen LogP contribution in [0.2, 0.25) is 0 Å². The molecule has 0 bridgehead atoms. The SMILES string of the molecule is CC1(C(=O)/N=c2\ccn(-c3ccccc3)nc2)CCC1. The van der Waals surface area contributed by atoms with Crippen LogP contribution in [0.15, 0.2) is 53.8 Å². The minimum absolute atomic E-state index is 0.0250. The third kappa shape index (κ3) is 2.41. The number of benzene rings is 1. The molecule has 4 nitrogen and oxygen atoms in total. The van der Waals surface area contributed by atoms with Crippen LogP contribution in [0.25, 0.3) is 5.69 Å². The molecule has 1 aromatic carbocycles. The zero-order valence-corrected chi connectivity index (χ0v) is 11.5. The molecule has 0 spiro atoms. The summed E-state index contributed by atoms with van der Waals surface area (Å²) in [4.78, 5) is 16.2. The van der Waals surface area contributed by atoms with Crippen LogP contribution in [0.3, 0.4) is 0 Å². The van der Waals surface area contributed by atoms with Gasteiger partial charge in [0.25, 0.3) is 5.91 Å². The van der Waals surface area contributed by atoms with Crippen LogP contribution in [0.4, 0.5) is 0 Å². The summed E-state index contributed by atoms with van der Waals surface area (Å²) >= 11 is 0. The third-order valence-electron chi connectivity index (χ3n) is 3.93. The van der Waals surface area contributed by atoms with Crippen molar-refractivity contribution in [3.05, 3.63) is 54.1 Å². The summed E-state index contributed by atoms with van der Waals surface area (Å²) < 4.78 is 1.76. The van der Waals surface area contributed by atoms with E-state index in [-0.39, 0.29) is 11.3 Å². The number of rotatable bonds is 2. The third-order valence-corrected chi connectivity index (χ3v) is 3.93. The highest BCUT2D eigenvalue weighted by molar-refractivity contribution is 5.83. The first kappa shape index (κ1) is 12.8. The van der Waals surface area contributed by atoms with Gasteiger partial charge in [-0.3, -0.25) is 4.79 Å². The van der Waals surface area contributed by atoms with Crippen molar-refractivity contribution in [2.75, 3.05) is 0 Å². The summed E-state index contributed by atoms with van der Waals surface area (Å²) in [5.41, 5.74) is 0.738. The minimum atomic E-state index is -0.245. The lowest BCUT2D eigenvalue weighted by molar-refractivity contribution is -0.131. The molecule has 0 aliphatic heterocycles. The highest BCUT2D eigenvalue weighted by Gasteiger charge is 2.38. The fraction of sp³-hybridized carbons (Fsp3) is 0.312. The molecule has 1 fully saturated rings. The average Bonchev–Trinajstić information content (AvgIpc) is 2.46. The Kier molecular flexibility index (Phi) is 3.22. The maximum Gasteiger partial charge on any atom is 0.252 e. The number of nitrogens with zero attached hydrogens (tertiary/aromatic N) is 3. The van der Waals surface area contributed by atoms with Crippen LogP contribution in [0.5, 0.6) is 0 Å². The fourth-order valence-corrected chi connectivity index (χ4v) is 2.32. The van der Waals surface area contributed by atoms with Gasteiger partial charge in [-0.25, -0.2) is 9.67 Å². The molecule has 2 aromatic rings. The Morgan fingerprint density at radius 3 is 2.55 bits per heavy atom. The van der Waals surface area contributed by atoms with E-state index in [1.807, 2.05) is 49.5 Å². The van der Waals surface area contributed by atoms with Gasteiger partial charge in [0.2, 0.25) is 0 Å². The molecule has 0 atom stereocenters. The maximum atomic E-state index is 12.1. The van der Waals surface area contributed by atoms with Gasteiger partial charge in [-0.2, -0.15) is 5.10 Å². The van der Waals surface area contributed by atoms with E-state index in [0.717, 1.165) is 24.9 Å². The zero-order valence-electron chi connectivity index (χ0n) is 11.5. The van der Waals surface area contributed by atoms with E-state index in [4.69, 9.17) is 0 Å². The second-order valence-corrected chi connectivity index (χ2v) is 5.50. The van der Waals surface area contributed by atoms with Gasteiger partial charge in [-0.05, 0) is 31.0 Å². The van der Waals surface area contributed by atoms with E-state index in [1.54, 1.807) is 10.9 Å². The molecule has 0 saturated heterocycles. The molecule has 20 heavy (non-hydrogen) atoms. The zero-order chi connectivity index (χ0) is 14.0. The van der Waals surface area contributed by atoms with Gasteiger partial charge in [0.05, 0.1) is 17.2 Å². The van der Waals surface area contributed by atoms with Crippen molar-refractivity contribution in [3.8, 4) is 5.69 Å². The van der Waals surface area contributed by atoms with Gasteiger partial charge in [-0.1, -0.05) is 31.5 Å². The minimum Gasteiger partial charge on any atom is -0.272 e. The molecular weight excluding hydrogens is 250 g/mol. The molecule has 4 heteroatoms. The van der Waals surface area contributed by atoms with Gasteiger partial charge in [0.1, 0.15) is 0 Å². The van der Waals surface area contributed by atoms with Crippen molar-refractivity contribution in [1.29, 1.82) is 0 Å². The first-order valence-electron chi connectivity index (χ1n) is 6.87. The Balaban J connectivity index is 1.85. The van der Waals surface area contributed by atoms with E-state index in [9.17, 15) is 4.79 Å². The molecule has 0 unspecified atom stereocenters. The number of aromatic nitrogens is 2. The number of amides is 1. The molecule has 1 aliphatic carbocycles. The first-order chi connectivity index (χ1) is 9.67. The maximum absolute atomic E-state index is 12.1. The summed E-state index contributed by atoms with van der Waals surface area (Å²) in [5, 5.41) is 4.92. The fourth-order valence-electron chi connectivity index (χ4n) is 2.32. The van der Waals surface area contributed by atoms with Crippen LogP contribution in [0.1, 0.15) is 26.2 Å². The number of carbonyl (C=O) groups excluding carboxylic acids is 1. The van der Waals surface area contributed by atoms with Crippen molar-refractivity contribution in [3.63, 3.8) is 0 Å². The molecule has 1 amide bonds. The van der Waals surface area contributed by atoms with E-state index in [1.165, 1.54) is 0 Å². The number of para-hydroxylation sites is 1. The Labute approximate surface area is 117 Å². The van der Waals surface area contributed by atoms with Crippen molar-refractivity contribution < 1.29 is 4.79 Å². The van der Waals surface area contributed by atoms with Crippen LogP contribution >= 0.6 is 0 Å².